The molecule has 2 heterocycles. The second kappa shape index (κ2) is 7.78. The van der Waals surface area contributed by atoms with Gasteiger partial charge in [0.05, 0.1) is 4.47 Å². The van der Waals surface area contributed by atoms with Gasteiger partial charge in [-0.1, -0.05) is 6.92 Å². The molecule has 2 rings (SSSR count). The van der Waals surface area contributed by atoms with Crippen molar-refractivity contribution in [3.63, 3.8) is 0 Å². The fourth-order valence-electron chi connectivity index (χ4n) is 2.37. The molecule has 5 nitrogen and oxygen atoms in total. The van der Waals surface area contributed by atoms with E-state index in [0.717, 1.165) is 29.8 Å². The van der Waals surface area contributed by atoms with Crippen molar-refractivity contribution in [3.05, 3.63) is 10.7 Å². The maximum atomic E-state index is 4.51. The van der Waals surface area contributed by atoms with Crippen LogP contribution in [0, 0.1) is 0 Å². The van der Waals surface area contributed by atoms with E-state index in [0.29, 0.717) is 12.0 Å². The topological polar surface area (TPSA) is 53.1 Å². The molecule has 1 aliphatic heterocycles. The van der Waals surface area contributed by atoms with Gasteiger partial charge in [0.2, 0.25) is 5.95 Å². The van der Waals surface area contributed by atoms with Crippen LogP contribution in [0.4, 0.5) is 11.8 Å². The van der Waals surface area contributed by atoms with Crippen LogP contribution in [0.15, 0.2) is 10.7 Å². The Hall–Kier alpha value is -0.880. The van der Waals surface area contributed by atoms with Gasteiger partial charge in [-0.05, 0) is 55.2 Å². The molecule has 1 fully saturated rings. The van der Waals surface area contributed by atoms with Gasteiger partial charge in [-0.15, -0.1) is 0 Å². The fraction of sp³-hybridized carbons (Fsp3) is 0.714. The van der Waals surface area contributed by atoms with Crippen LogP contribution in [-0.2, 0) is 0 Å². The van der Waals surface area contributed by atoms with E-state index in [2.05, 4.69) is 55.3 Å². The van der Waals surface area contributed by atoms with E-state index in [1.54, 1.807) is 6.20 Å². The van der Waals surface area contributed by atoms with E-state index in [4.69, 9.17) is 0 Å². The number of hydrogen-bond donors (Lipinski definition) is 2. The van der Waals surface area contributed by atoms with Gasteiger partial charge in [0.25, 0.3) is 0 Å². The molecule has 20 heavy (non-hydrogen) atoms. The van der Waals surface area contributed by atoms with Crippen molar-refractivity contribution in [1.29, 1.82) is 0 Å². The minimum Gasteiger partial charge on any atom is -0.367 e. The van der Waals surface area contributed by atoms with E-state index >= 15 is 0 Å². The van der Waals surface area contributed by atoms with Gasteiger partial charge in [-0.25, -0.2) is 4.98 Å². The zero-order valence-corrected chi connectivity index (χ0v) is 13.9. The number of aromatic nitrogens is 2. The molecule has 6 heteroatoms. The Kier molecular flexibility index (Phi) is 6.04. The predicted octanol–water partition coefficient (Wildman–Crippen LogP) is 2.96. The second-order valence-electron chi connectivity index (χ2n) is 5.29. The zero-order chi connectivity index (χ0) is 14.4. The van der Waals surface area contributed by atoms with Crippen molar-refractivity contribution in [2.45, 2.75) is 39.2 Å². The smallest absolute Gasteiger partial charge is 0.224 e. The van der Waals surface area contributed by atoms with Gasteiger partial charge in [-0.2, -0.15) is 4.98 Å². The molecule has 1 unspecified atom stereocenters. The molecule has 1 aromatic rings. The van der Waals surface area contributed by atoms with Crippen LogP contribution < -0.4 is 10.6 Å². The van der Waals surface area contributed by atoms with Crippen LogP contribution >= 0.6 is 15.9 Å². The van der Waals surface area contributed by atoms with Gasteiger partial charge in [0.15, 0.2) is 0 Å². The number of nitrogens with zero attached hydrogens (tertiary/aromatic N) is 3. The predicted molar refractivity (Wildman–Crippen MR) is 87.3 cm³/mol. The molecule has 0 amide bonds. The Morgan fingerprint density at radius 1 is 1.35 bits per heavy atom. The molecule has 0 radical (unpaired) electrons. The lowest BCUT2D eigenvalue weighted by molar-refractivity contribution is 0.269. The number of halogens is 1. The minimum absolute atomic E-state index is 0.534. The second-order valence-corrected chi connectivity index (χ2v) is 6.14. The molecular formula is C14H24BrN5. The van der Waals surface area contributed by atoms with Crippen LogP contribution in [0.5, 0.6) is 0 Å². The summed E-state index contributed by atoms with van der Waals surface area (Å²) in [4.78, 5) is 11.3. The number of likely N-dealkylation sites (tertiary alicyclic amines) is 1. The molecule has 1 atom stereocenters. The van der Waals surface area contributed by atoms with E-state index in [1.165, 1.54) is 25.9 Å². The van der Waals surface area contributed by atoms with Gasteiger partial charge >= 0.3 is 0 Å². The summed E-state index contributed by atoms with van der Waals surface area (Å²) >= 11 is 3.50. The lowest BCUT2D eigenvalue weighted by Gasteiger charge is -2.24. The van der Waals surface area contributed by atoms with Gasteiger partial charge in [0, 0.05) is 25.3 Å². The Morgan fingerprint density at radius 2 is 2.10 bits per heavy atom. The average molecular weight is 342 g/mol. The number of rotatable bonds is 7. The molecule has 0 bridgehead atoms. The van der Waals surface area contributed by atoms with E-state index < -0.39 is 0 Å². The SMILES string of the molecule is CCCNc1ncc(Br)c(NCC(C)N2CCCC2)n1. The summed E-state index contributed by atoms with van der Waals surface area (Å²) in [7, 11) is 0. The van der Waals surface area contributed by atoms with Crippen molar-refractivity contribution < 1.29 is 0 Å². The summed E-state index contributed by atoms with van der Waals surface area (Å²) in [5.74, 6) is 1.55. The normalized spacial score (nSPS) is 17.1. The van der Waals surface area contributed by atoms with Crippen LogP contribution in [0.2, 0.25) is 0 Å². The highest BCUT2D eigenvalue weighted by Crippen LogP contribution is 2.20. The molecule has 0 spiro atoms. The highest BCUT2D eigenvalue weighted by Gasteiger charge is 2.18. The minimum atomic E-state index is 0.534. The van der Waals surface area contributed by atoms with E-state index in [-0.39, 0.29) is 0 Å². The van der Waals surface area contributed by atoms with Crippen molar-refractivity contribution >= 4 is 27.7 Å². The van der Waals surface area contributed by atoms with Crippen molar-refractivity contribution in [3.8, 4) is 0 Å². The summed E-state index contributed by atoms with van der Waals surface area (Å²) in [5, 5.41) is 6.64. The number of hydrogen-bond acceptors (Lipinski definition) is 5. The summed E-state index contributed by atoms with van der Waals surface area (Å²) in [6.07, 6.45) is 5.52. The largest absolute Gasteiger partial charge is 0.367 e. The third kappa shape index (κ3) is 4.31. The number of anilines is 2. The summed E-state index contributed by atoms with van der Waals surface area (Å²) < 4.78 is 0.910. The highest BCUT2D eigenvalue weighted by molar-refractivity contribution is 9.10. The molecule has 1 saturated heterocycles. The Bertz CT molecular complexity index is 420. The molecular weight excluding hydrogens is 318 g/mol. The summed E-state index contributed by atoms with van der Waals surface area (Å²) in [6.45, 7) is 8.63. The zero-order valence-electron chi connectivity index (χ0n) is 12.3. The first-order valence-electron chi connectivity index (χ1n) is 7.45. The maximum absolute atomic E-state index is 4.51. The first-order valence-corrected chi connectivity index (χ1v) is 8.24. The first kappa shape index (κ1) is 15.5. The van der Waals surface area contributed by atoms with Crippen LogP contribution in [0.3, 0.4) is 0 Å². The lowest BCUT2D eigenvalue weighted by Crippen LogP contribution is -2.35. The maximum Gasteiger partial charge on any atom is 0.224 e. The molecule has 0 aliphatic carbocycles. The van der Waals surface area contributed by atoms with E-state index in [9.17, 15) is 0 Å². The molecule has 0 aromatic carbocycles. The monoisotopic (exact) mass is 341 g/mol. The van der Waals surface area contributed by atoms with Gasteiger partial charge < -0.3 is 10.6 Å². The lowest BCUT2D eigenvalue weighted by atomic mass is 10.3. The Morgan fingerprint density at radius 3 is 2.80 bits per heavy atom. The van der Waals surface area contributed by atoms with Crippen LogP contribution in [-0.4, -0.2) is 47.1 Å². The standard InChI is InChI=1S/C14H24BrN5/c1-3-6-16-14-18-10-12(15)13(19-14)17-9-11(2)20-7-4-5-8-20/h10-11H,3-9H2,1-2H3,(H2,16,17,18,19). The summed E-state index contributed by atoms with van der Waals surface area (Å²) in [6, 6.07) is 0.534. The molecule has 1 aromatic heterocycles. The summed E-state index contributed by atoms with van der Waals surface area (Å²) in [5.41, 5.74) is 0. The Balaban J connectivity index is 1.90. The van der Waals surface area contributed by atoms with Crippen molar-refractivity contribution in [2.24, 2.45) is 0 Å². The molecule has 0 saturated carbocycles. The Labute approximate surface area is 129 Å². The fourth-order valence-corrected chi connectivity index (χ4v) is 2.70. The third-order valence-corrected chi connectivity index (χ3v) is 4.19. The van der Waals surface area contributed by atoms with Crippen molar-refractivity contribution in [1.82, 2.24) is 14.9 Å². The van der Waals surface area contributed by atoms with Gasteiger partial charge in [0.1, 0.15) is 5.82 Å². The van der Waals surface area contributed by atoms with E-state index in [1.807, 2.05) is 0 Å². The van der Waals surface area contributed by atoms with Crippen molar-refractivity contribution in [2.75, 3.05) is 36.8 Å². The highest BCUT2D eigenvalue weighted by atomic mass is 79.9. The van der Waals surface area contributed by atoms with Crippen LogP contribution in [0.1, 0.15) is 33.1 Å². The van der Waals surface area contributed by atoms with Gasteiger partial charge in [-0.3, -0.25) is 4.90 Å². The quantitative estimate of drug-likeness (QED) is 0.798. The average Bonchev–Trinajstić information content (AvgIpc) is 2.99. The van der Waals surface area contributed by atoms with Crippen LogP contribution in [0.25, 0.3) is 0 Å². The molecule has 2 N–H and O–H groups in total. The third-order valence-electron chi connectivity index (χ3n) is 3.61. The molecule has 112 valence electrons. The first-order chi connectivity index (χ1) is 9.70. The molecule has 1 aliphatic rings. The number of nitrogens with one attached hydrogen (secondary N) is 2.